The molecule has 4 rings (SSSR count). The van der Waals surface area contributed by atoms with Crippen molar-refractivity contribution in [3.8, 4) is 0 Å². The van der Waals surface area contributed by atoms with Gasteiger partial charge in [-0.2, -0.15) is 0 Å². The maximum absolute atomic E-state index is 13.1. The van der Waals surface area contributed by atoms with E-state index in [0.717, 1.165) is 31.6 Å². The van der Waals surface area contributed by atoms with Gasteiger partial charge in [0.25, 0.3) is 0 Å². The summed E-state index contributed by atoms with van der Waals surface area (Å²) >= 11 is 0. The highest BCUT2D eigenvalue weighted by molar-refractivity contribution is 5.96. The van der Waals surface area contributed by atoms with E-state index in [2.05, 4.69) is 54.3 Å². The van der Waals surface area contributed by atoms with E-state index in [-0.39, 0.29) is 18.0 Å². The van der Waals surface area contributed by atoms with Gasteiger partial charge in [-0.1, -0.05) is 48.5 Å². The molecule has 1 saturated heterocycles. The van der Waals surface area contributed by atoms with Crippen molar-refractivity contribution in [2.75, 3.05) is 24.5 Å². The Bertz CT molecular complexity index is 776. The molecule has 0 radical (unpaired) electrons. The molecule has 4 heteroatoms. The number of nitrogens with zero attached hydrogens (tertiary/aromatic N) is 2. The number of likely N-dealkylation sites (tertiary alicyclic amines) is 1. The third kappa shape index (κ3) is 3.27. The molecular formula is C22H27N3O. The number of aryl methyl sites for hydroxylation is 1. The minimum atomic E-state index is 0.0799. The van der Waals surface area contributed by atoms with Crippen molar-refractivity contribution >= 4 is 11.6 Å². The van der Waals surface area contributed by atoms with E-state index in [0.29, 0.717) is 12.5 Å². The highest BCUT2D eigenvalue weighted by atomic mass is 16.2. The molecule has 4 nitrogen and oxygen atoms in total. The summed E-state index contributed by atoms with van der Waals surface area (Å²) in [6.45, 7) is 4.21. The summed E-state index contributed by atoms with van der Waals surface area (Å²) in [5.41, 5.74) is 10.0. The minimum absolute atomic E-state index is 0.0799. The largest absolute Gasteiger partial charge is 0.326 e. The second-order valence-electron chi connectivity index (χ2n) is 7.66. The van der Waals surface area contributed by atoms with Crippen LogP contribution >= 0.6 is 0 Å². The third-order valence-corrected chi connectivity index (χ3v) is 5.82. The van der Waals surface area contributed by atoms with Crippen molar-refractivity contribution in [3.63, 3.8) is 0 Å². The van der Waals surface area contributed by atoms with Crippen molar-refractivity contribution in [1.82, 2.24) is 4.90 Å². The smallest absolute Gasteiger partial charge is 0.241 e. The van der Waals surface area contributed by atoms with Gasteiger partial charge < -0.3 is 10.6 Å². The summed E-state index contributed by atoms with van der Waals surface area (Å²) in [7, 11) is 0. The predicted octanol–water partition coefficient (Wildman–Crippen LogP) is 2.78. The Kier molecular flexibility index (Phi) is 4.79. The molecule has 2 N–H and O–H groups in total. The average molecular weight is 349 g/mol. The first-order valence-corrected chi connectivity index (χ1v) is 9.56. The number of nitrogens with two attached hydrogens (primary N) is 1. The van der Waals surface area contributed by atoms with E-state index in [4.69, 9.17) is 5.73 Å². The van der Waals surface area contributed by atoms with Crippen LogP contribution in [-0.2, 0) is 11.2 Å². The third-order valence-electron chi connectivity index (χ3n) is 5.82. The van der Waals surface area contributed by atoms with Crippen molar-refractivity contribution in [3.05, 3.63) is 65.7 Å². The first-order chi connectivity index (χ1) is 12.6. The molecule has 2 aromatic carbocycles. The fraction of sp³-hybridized carbons (Fsp3) is 0.409. The number of rotatable bonds is 3. The monoisotopic (exact) mass is 349 g/mol. The van der Waals surface area contributed by atoms with E-state index in [1.165, 1.54) is 11.1 Å². The summed E-state index contributed by atoms with van der Waals surface area (Å²) in [5.74, 6) is 0.487. The Morgan fingerprint density at radius 2 is 1.81 bits per heavy atom. The van der Waals surface area contributed by atoms with Crippen molar-refractivity contribution in [2.24, 2.45) is 5.73 Å². The van der Waals surface area contributed by atoms with Gasteiger partial charge in [0.1, 0.15) is 0 Å². The Morgan fingerprint density at radius 3 is 2.62 bits per heavy atom. The molecule has 2 aromatic rings. The lowest BCUT2D eigenvalue weighted by molar-refractivity contribution is -0.120. The molecule has 26 heavy (non-hydrogen) atoms. The highest BCUT2D eigenvalue weighted by Gasteiger charge is 2.34. The number of amides is 1. The minimum Gasteiger partial charge on any atom is -0.326 e. The van der Waals surface area contributed by atoms with Crippen molar-refractivity contribution in [2.45, 2.75) is 37.8 Å². The Labute approximate surface area is 155 Å². The molecular weight excluding hydrogens is 322 g/mol. The van der Waals surface area contributed by atoms with Crippen LogP contribution in [0, 0.1) is 0 Å². The summed E-state index contributed by atoms with van der Waals surface area (Å²) in [4.78, 5) is 17.3. The lowest BCUT2D eigenvalue weighted by atomic mass is 9.95. The number of para-hydroxylation sites is 1. The zero-order valence-electron chi connectivity index (χ0n) is 15.3. The summed E-state index contributed by atoms with van der Waals surface area (Å²) in [6.07, 6.45) is 2.07. The molecule has 1 amide bonds. The summed E-state index contributed by atoms with van der Waals surface area (Å²) in [6, 6.07) is 19.0. The lowest BCUT2D eigenvalue weighted by Crippen LogP contribution is -2.47. The van der Waals surface area contributed by atoms with Gasteiger partial charge in [0.2, 0.25) is 5.91 Å². The van der Waals surface area contributed by atoms with Crippen LogP contribution in [0.25, 0.3) is 0 Å². The number of hydrogen-bond donors (Lipinski definition) is 1. The number of carbonyl (C=O) groups excluding carboxylic acids is 1. The van der Waals surface area contributed by atoms with Gasteiger partial charge in [0, 0.05) is 36.8 Å². The maximum Gasteiger partial charge on any atom is 0.241 e. The van der Waals surface area contributed by atoms with Crippen molar-refractivity contribution in [1.29, 1.82) is 0 Å². The summed E-state index contributed by atoms with van der Waals surface area (Å²) in [5, 5.41) is 0. The molecule has 3 atom stereocenters. The number of fused-ring (bicyclic) bond motifs is 1. The number of anilines is 1. The van der Waals surface area contributed by atoms with Crippen LogP contribution in [0.4, 0.5) is 5.69 Å². The fourth-order valence-corrected chi connectivity index (χ4v) is 4.43. The topological polar surface area (TPSA) is 49.6 Å². The number of hydrogen-bond acceptors (Lipinski definition) is 3. The molecule has 0 aliphatic carbocycles. The second kappa shape index (κ2) is 7.22. The number of benzene rings is 2. The van der Waals surface area contributed by atoms with Gasteiger partial charge in [-0.25, -0.2) is 0 Å². The first-order valence-electron chi connectivity index (χ1n) is 9.56. The standard InChI is InChI=1S/C22H27N3O/c1-16-11-12-18-9-5-6-10-21(18)25(16)22(26)15-24-13-19(20(23)14-24)17-7-3-2-4-8-17/h2-10,16,19-20H,11-15,23H2,1H3/t16?,19-,20+/m0/s1. The maximum atomic E-state index is 13.1. The van der Waals surface area contributed by atoms with Crippen LogP contribution < -0.4 is 10.6 Å². The molecule has 1 fully saturated rings. The normalized spacial score (nSPS) is 25.9. The Morgan fingerprint density at radius 1 is 1.08 bits per heavy atom. The zero-order chi connectivity index (χ0) is 18.1. The zero-order valence-corrected chi connectivity index (χ0v) is 15.3. The van der Waals surface area contributed by atoms with Crippen LogP contribution in [0.15, 0.2) is 54.6 Å². The molecule has 2 aliphatic rings. The quantitative estimate of drug-likeness (QED) is 0.927. The molecule has 0 aromatic heterocycles. The summed E-state index contributed by atoms with van der Waals surface area (Å²) < 4.78 is 0. The van der Waals surface area contributed by atoms with Crippen LogP contribution in [-0.4, -0.2) is 42.5 Å². The van der Waals surface area contributed by atoms with Gasteiger partial charge in [-0.15, -0.1) is 0 Å². The van der Waals surface area contributed by atoms with Gasteiger partial charge in [-0.3, -0.25) is 9.69 Å². The molecule has 0 spiro atoms. The fourth-order valence-electron chi connectivity index (χ4n) is 4.43. The SMILES string of the molecule is CC1CCc2ccccc2N1C(=O)CN1C[C@@H](N)[C@H](c2ccccc2)C1. The van der Waals surface area contributed by atoms with Gasteiger partial charge in [-0.05, 0) is 37.0 Å². The first kappa shape index (κ1) is 17.3. The van der Waals surface area contributed by atoms with Gasteiger partial charge >= 0.3 is 0 Å². The molecule has 136 valence electrons. The lowest BCUT2D eigenvalue weighted by Gasteiger charge is -2.36. The van der Waals surface area contributed by atoms with Crippen LogP contribution in [0.3, 0.4) is 0 Å². The molecule has 1 unspecified atom stereocenters. The van der Waals surface area contributed by atoms with E-state index in [1.54, 1.807) is 0 Å². The van der Waals surface area contributed by atoms with Gasteiger partial charge in [0.15, 0.2) is 0 Å². The predicted molar refractivity (Wildman–Crippen MR) is 105 cm³/mol. The Hall–Kier alpha value is -2.17. The van der Waals surface area contributed by atoms with E-state index in [9.17, 15) is 4.79 Å². The van der Waals surface area contributed by atoms with E-state index >= 15 is 0 Å². The second-order valence-corrected chi connectivity index (χ2v) is 7.66. The Balaban J connectivity index is 1.47. The molecule has 2 heterocycles. The van der Waals surface area contributed by atoms with Crippen LogP contribution in [0.1, 0.15) is 30.4 Å². The van der Waals surface area contributed by atoms with Crippen molar-refractivity contribution < 1.29 is 4.79 Å². The molecule has 0 bridgehead atoms. The molecule has 2 aliphatic heterocycles. The van der Waals surface area contributed by atoms with Crippen LogP contribution in [0.2, 0.25) is 0 Å². The van der Waals surface area contributed by atoms with Crippen LogP contribution in [0.5, 0.6) is 0 Å². The number of carbonyl (C=O) groups is 1. The van der Waals surface area contributed by atoms with Gasteiger partial charge in [0.05, 0.1) is 6.54 Å². The van der Waals surface area contributed by atoms with E-state index < -0.39 is 0 Å². The highest BCUT2D eigenvalue weighted by Crippen LogP contribution is 2.31. The van der Waals surface area contributed by atoms with E-state index in [1.807, 2.05) is 17.0 Å². The molecule has 0 saturated carbocycles. The average Bonchev–Trinajstić information content (AvgIpc) is 3.02.